The van der Waals surface area contributed by atoms with Gasteiger partial charge in [0.05, 0.1) is 6.54 Å². The molecule has 1 amide bonds. The molecule has 0 bridgehead atoms. The third kappa shape index (κ3) is 6.03. The summed E-state index contributed by atoms with van der Waals surface area (Å²) in [6.45, 7) is 6.33. The van der Waals surface area contributed by atoms with Crippen LogP contribution in [0.2, 0.25) is 5.02 Å². The summed E-state index contributed by atoms with van der Waals surface area (Å²) < 4.78 is 0. The van der Waals surface area contributed by atoms with E-state index in [1.165, 1.54) is 5.56 Å². The minimum absolute atomic E-state index is 0.0351. The van der Waals surface area contributed by atoms with Crippen LogP contribution in [0.4, 0.5) is 0 Å². The van der Waals surface area contributed by atoms with Gasteiger partial charge in [-0.15, -0.1) is 0 Å². The van der Waals surface area contributed by atoms with Gasteiger partial charge >= 0.3 is 0 Å². The van der Waals surface area contributed by atoms with Gasteiger partial charge in [0.1, 0.15) is 0 Å². The first-order valence-corrected chi connectivity index (χ1v) is 6.62. The molecule has 100 valence electrons. The third-order valence-corrected chi connectivity index (χ3v) is 2.77. The lowest BCUT2D eigenvalue weighted by Crippen LogP contribution is -2.41. The van der Waals surface area contributed by atoms with Crippen LogP contribution in [0.3, 0.4) is 0 Å². The molecule has 2 N–H and O–H groups in total. The fourth-order valence-corrected chi connectivity index (χ4v) is 1.81. The summed E-state index contributed by atoms with van der Waals surface area (Å²) in [7, 11) is 0. The predicted octanol–water partition coefficient (Wildman–Crippen LogP) is 2.39. The summed E-state index contributed by atoms with van der Waals surface area (Å²) in [4.78, 5) is 11.5. The monoisotopic (exact) mass is 268 g/mol. The minimum Gasteiger partial charge on any atom is -0.353 e. The fourth-order valence-electron chi connectivity index (χ4n) is 1.69. The van der Waals surface area contributed by atoms with E-state index in [1.54, 1.807) is 0 Å². The normalized spacial score (nSPS) is 12.5. The van der Waals surface area contributed by atoms with Crippen LogP contribution >= 0.6 is 11.6 Å². The van der Waals surface area contributed by atoms with Crippen molar-refractivity contribution in [2.75, 3.05) is 6.54 Å². The molecule has 0 aliphatic carbocycles. The topological polar surface area (TPSA) is 41.1 Å². The van der Waals surface area contributed by atoms with Crippen molar-refractivity contribution in [1.82, 2.24) is 10.6 Å². The number of carbonyl (C=O) groups is 1. The van der Waals surface area contributed by atoms with Crippen molar-refractivity contribution in [2.24, 2.45) is 0 Å². The van der Waals surface area contributed by atoms with Gasteiger partial charge < -0.3 is 10.6 Å². The van der Waals surface area contributed by atoms with Crippen molar-refractivity contribution >= 4 is 17.5 Å². The Morgan fingerprint density at radius 3 is 2.39 bits per heavy atom. The highest BCUT2D eigenvalue weighted by atomic mass is 35.5. The molecular formula is C14H21ClN2O. The van der Waals surface area contributed by atoms with Gasteiger partial charge in [0.25, 0.3) is 0 Å². The Balaban J connectivity index is 2.31. The molecule has 0 aliphatic heterocycles. The first-order valence-electron chi connectivity index (χ1n) is 6.24. The number of rotatable bonds is 6. The standard InChI is InChI=1S/C14H21ClN2O/c1-10(2)17-14(18)9-16-11(3)8-12-4-6-13(15)7-5-12/h4-7,10-11,16H,8-9H2,1-3H3,(H,17,18). The van der Waals surface area contributed by atoms with E-state index in [0.29, 0.717) is 6.54 Å². The van der Waals surface area contributed by atoms with E-state index >= 15 is 0 Å². The molecule has 1 atom stereocenters. The summed E-state index contributed by atoms with van der Waals surface area (Å²) in [5, 5.41) is 6.80. The van der Waals surface area contributed by atoms with E-state index in [-0.39, 0.29) is 18.0 Å². The Labute approximate surface area is 114 Å². The van der Waals surface area contributed by atoms with Gasteiger partial charge in [0.15, 0.2) is 0 Å². The molecule has 0 aliphatic rings. The maximum atomic E-state index is 11.5. The molecule has 0 aromatic heterocycles. The first-order chi connectivity index (χ1) is 8.47. The van der Waals surface area contributed by atoms with Crippen molar-refractivity contribution in [2.45, 2.75) is 39.3 Å². The van der Waals surface area contributed by atoms with Crippen molar-refractivity contribution in [3.63, 3.8) is 0 Å². The highest BCUT2D eigenvalue weighted by molar-refractivity contribution is 6.30. The Kier molecular flexibility index (Phi) is 6.16. The molecule has 18 heavy (non-hydrogen) atoms. The van der Waals surface area contributed by atoms with E-state index in [0.717, 1.165) is 11.4 Å². The van der Waals surface area contributed by atoms with Crippen molar-refractivity contribution in [1.29, 1.82) is 0 Å². The lowest BCUT2D eigenvalue weighted by atomic mass is 10.1. The molecule has 0 saturated carbocycles. The van der Waals surface area contributed by atoms with Crippen LogP contribution in [0.25, 0.3) is 0 Å². The maximum Gasteiger partial charge on any atom is 0.234 e. The molecule has 0 fully saturated rings. The molecule has 1 aromatic rings. The van der Waals surface area contributed by atoms with Gasteiger partial charge in [-0.2, -0.15) is 0 Å². The lowest BCUT2D eigenvalue weighted by molar-refractivity contribution is -0.120. The maximum absolute atomic E-state index is 11.5. The summed E-state index contributed by atoms with van der Waals surface area (Å²) >= 11 is 5.83. The Bertz CT molecular complexity index is 376. The highest BCUT2D eigenvalue weighted by Gasteiger charge is 2.07. The van der Waals surface area contributed by atoms with Gasteiger partial charge in [-0.25, -0.2) is 0 Å². The van der Waals surface area contributed by atoms with E-state index in [9.17, 15) is 4.79 Å². The Hall–Kier alpha value is -1.06. The SMILES string of the molecule is CC(C)NC(=O)CNC(C)Cc1ccc(Cl)cc1. The Morgan fingerprint density at radius 2 is 1.83 bits per heavy atom. The van der Waals surface area contributed by atoms with Gasteiger partial charge in [0.2, 0.25) is 5.91 Å². The molecule has 0 spiro atoms. The van der Waals surface area contributed by atoms with Crippen molar-refractivity contribution < 1.29 is 4.79 Å². The van der Waals surface area contributed by atoms with Crippen LogP contribution in [-0.2, 0) is 11.2 Å². The smallest absolute Gasteiger partial charge is 0.234 e. The van der Waals surface area contributed by atoms with Crippen LogP contribution in [0, 0.1) is 0 Å². The summed E-state index contributed by atoms with van der Waals surface area (Å²) in [6, 6.07) is 8.23. The summed E-state index contributed by atoms with van der Waals surface area (Å²) in [6.07, 6.45) is 0.881. The van der Waals surface area contributed by atoms with Gasteiger partial charge in [0, 0.05) is 17.1 Å². The molecule has 0 radical (unpaired) electrons. The molecule has 1 aromatic carbocycles. The zero-order valence-electron chi connectivity index (χ0n) is 11.2. The van der Waals surface area contributed by atoms with Crippen LogP contribution in [0.15, 0.2) is 24.3 Å². The van der Waals surface area contributed by atoms with Crippen LogP contribution in [-0.4, -0.2) is 24.5 Å². The van der Waals surface area contributed by atoms with Gasteiger partial charge in [-0.1, -0.05) is 23.7 Å². The van der Waals surface area contributed by atoms with Crippen molar-refractivity contribution in [3.8, 4) is 0 Å². The van der Waals surface area contributed by atoms with Crippen molar-refractivity contribution in [3.05, 3.63) is 34.9 Å². The second-order valence-electron chi connectivity index (χ2n) is 4.83. The average Bonchev–Trinajstić information content (AvgIpc) is 2.29. The summed E-state index contributed by atoms with van der Waals surface area (Å²) in [5.74, 6) is 0.0351. The second kappa shape index (κ2) is 7.39. The average molecular weight is 269 g/mol. The molecule has 3 nitrogen and oxygen atoms in total. The molecule has 0 heterocycles. The van der Waals surface area contributed by atoms with E-state index in [4.69, 9.17) is 11.6 Å². The van der Waals surface area contributed by atoms with Crippen LogP contribution in [0.1, 0.15) is 26.3 Å². The quantitative estimate of drug-likeness (QED) is 0.832. The van der Waals surface area contributed by atoms with Crippen LogP contribution < -0.4 is 10.6 Å². The minimum atomic E-state index is 0.0351. The third-order valence-electron chi connectivity index (χ3n) is 2.52. The Morgan fingerprint density at radius 1 is 1.22 bits per heavy atom. The van der Waals surface area contributed by atoms with Gasteiger partial charge in [-0.3, -0.25) is 4.79 Å². The number of halogens is 1. The molecule has 0 saturated heterocycles. The number of hydrogen-bond donors (Lipinski definition) is 2. The largest absolute Gasteiger partial charge is 0.353 e. The molecule has 1 rings (SSSR count). The van der Waals surface area contributed by atoms with Gasteiger partial charge in [-0.05, 0) is 44.9 Å². The van der Waals surface area contributed by atoms with E-state index < -0.39 is 0 Å². The molecule has 1 unspecified atom stereocenters. The fraction of sp³-hybridized carbons (Fsp3) is 0.500. The second-order valence-corrected chi connectivity index (χ2v) is 5.27. The molecule has 4 heteroatoms. The number of nitrogens with one attached hydrogen (secondary N) is 2. The number of amides is 1. The predicted molar refractivity (Wildman–Crippen MR) is 75.9 cm³/mol. The first kappa shape index (κ1) is 15.0. The van der Waals surface area contributed by atoms with E-state index in [2.05, 4.69) is 17.6 Å². The number of benzene rings is 1. The highest BCUT2D eigenvalue weighted by Crippen LogP contribution is 2.10. The number of hydrogen-bond acceptors (Lipinski definition) is 2. The van der Waals surface area contributed by atoms with Crippen LogP contribution in [0.5, 0.6) is 0 Å². The summed E-state index contributed by atoms with van der Waals surface area (Å²) in [5.41, 5.74) is 1.21. The zero-order chi connectivity index (χ0) is 13.5. The number of carbonyl (C=O) groups excluding carboxylic acids is 1. The lowest BCUT2D eigenvalue weighted by Gasteiger charge is -2.15. The zero-order valence-corrected chi connectivity index (χ0v) is 11.9. The van der Waals surface area contributed by atoms with E-state index in [1.807, 2.05) is 38.1 Å². The molecular weight excluding hydrogens is 248 g/mol.